The van der Waals surface area contributed by atoms with Crippen molar-refractivity contribution >= 4 is 41.7 Å². The van der Waals surface area contributed by atoms with Gasteiger partial charge in [0.05, 0.1) is 0 Å². The van der Waals surface area contributed by atoms with Gasteiger partial charge in [0, 0.05) is 30.3 Å². The number of hydrogen-bond donors (Lipinski definition) is 2. The highest BCUT2D eigenvalue weighted by atomic mass is 127. The Morgan fingerprint density at radius 2 is 2.00 bits per heavy atom. The molecule has 2 aliphatic carbocycles. The van der Waals surface area contributed by atoms with Crippen LogP contribution in [0.5, 0.6) is 0 Å². The summed E-state index contributed by atoms with van der Waals surface area (Å²) in [6, 6.07) is 7.88. The largest absolute Gasteiger partial charge is 0.354 e. The zero-order chi connectivity index (χ0) is 16.2. The molecule has 2 saturated carbocycles. The lowest BCUT2D eigenvalue weighted by Gasteiger charge is -2.30. The molecule has 24 heavy (non-hydrogen) atoms. The van der Waals surface area contributed by atoms with E-state index in [-0.39, 0.29) is 41.8 Å². The highest BCUT2D eigenvalue weighted by Crippen LogP contribution is 2.41. The average Bonchev–Trinajstić information content (AvgIpc) is 3.33. The second kappa shape index (κ2) is 9.27. The number of nitrogens with one attached hydrogen (secondary N) is 2. The Kier molecular flexibility index (Phi) is 7.65. The van der Waals surface area contributed by atoms with E-state index >= 15 is 0 Å². The van der Waals surface area contributed by atoms with Crippen molar-refractivity contribution in [1.82, 2.24) is 10.6 Å². The van der Waals surface area contributed by atoms with Crippen molar-refractivity contribution in [1.29, 1.82) is 0 Å². The Bertz CT molecular complexity index is 569. The van der Waals surface area contributed by atoms with Crippen LogP contribution in [0.4, 0.5) is 4.39 Å². The molecule has 0 amide bonds. The van der Waals surface area contributed by atoms with Crippen LogP contribution in [-0.4, -0.2) is 36.6 Å². The SMILES string of the molecule is CN=C(NC1CCCC(SC)C1)NC1CC1c1ccccc1F.I. The number of rotatable bonds is 4. The lowest BCUT2D eigenvalue weighted by molar-refractivity contribution is 0.419. The Hall–Kier alpha value is -0.500. The Morgan fingerprint density at radius 1 is 1.21 bits per heavy atom. The number of thioether (sulfide) groups is 1. The summed E-state index contributed by atoms with van der Waals surface area (Å²) in [7, 11) is 1.81. The van der Waals surface area contributed by atoms with E-state index in [0.29, 0.717) is 6.04 Å². The topological polar surface area (TPSA) is 36.4 Å². The maximum atomic E-state index is 13.9. The fourth-order valence-electron chi connectivity index (χ4n) is 3.50. The van der Waals surface area contributed by atoms with Crippen LogP contribution in [0.1, 0.15) is 43.6 Å². The van der Waals surface area contributed by atoms with Gasteiger partial charge in [-0.15, -0.1) is 24.0 Å². The van der Waals surface area contributed by atoms with Gasteiger partial charge in [0.15, 0.2) is 5.96 Å². The van der Waals surface area contributed by atoms with E-state index in [1.54, 1.807) is 12.1 Å². The zero-order valence-corrected chi connectivity index (χ0v) is 17.4. The third kappa shape index (κ3) is 5.00. The summed E-state index contributed by atoms with van der Waals surface area (Å²) in [5.74, 6) is 1.03. The smallest absolute Gasteiger partial charge is 0.191 e. The van der Waals surface area contributed by atoms with Gasteiger partial charge in [0.2, 0.25) is 0 Å². The summed E-state index contributed by atoms with van der Waals surface area (Å²) in [6.07, 6.45) is 8.18. The van der Waals surface area contributed by atoms with E-state index in [4.69, 9.17) is 0 Å². The first-order valence-electron chi connectivity index (χ1n) is 8.48. The van der Waals surface area contributed by atoms with E-state index in [0.717, 1.165) is 23.2 Å². The summed E-state index contributed by atoms with van der Waals surface area (Å²) < 4.78 is 13.9. The summed E-state index contributed by atoms with van der Waals surface area (Å²) in [5, 5.41) is 7.78. The van der Waals surface area contributed by atoms with Gasteiger partial charge in [0.25, 0.3) is 0 Å². The van der Waals surface area contributed by atoms with Gasteiger partial charge in [-0.2, -0.15) is 11.8 Å². The number of hydrogen-bond acceptors (Lipinski definition) is 2. The van der Waals surface area contributed by atoms with Crippen LogP contribution in [0.15, 0.2) is 29.3 Å². The predicted octanol–water partition coefficient (Wildman–Crippen LogP) is 4.14. The summed E-state index contributed by atoms with van der Waals surface area (Å²) in [6.45, 7) is 0. The highest BCUT2D eigenvalue weighted by Gasteiger charge is 2.40. The predicted molar refractivity (Wildman–Crippen MR) is 112 cm³/mol. The molecule has 6 heteroatoms. The normalized spacial score (nSPS) is 29.5. The van der Waals surface area contributed by atoms with Crippen LogP contribution in [0.3, 0.4) is 0 Å². The maximum absolute atomic E-state index is 13.9. The van der Waals surface area contributed by atoms with Gasteiger partial charge in [-0.25, -0.2) is 4.39 Å². The molecule has 3 rings (SSSR count). The molecule has 0 heterocycles. The summed E-state index contributed by atoms with van der Waals surface area (Å²) in [4.78, 5) is 4.36. The molecule has 0 bridgehead atoms. The summed E-state index contributed by atoms with van der Waals surface area (Å²) in [5.41, 5.74) is 0.820. The van der Waals surface area contributed by atoms with E-state index in [9.17, 15) is 4.39 Å². The van der Waals surface area contributed by atoms with Crippen LogP contribution in [0.2, 0.25) is 0 Å². The molecule has 0 aliphatic heterocycles. The number of guanidine groups is 1. The third-order valence-electron chi connectivity index (χ3n) is 4.94. The van der Waals surface area contributed by atoms with E-state index < -0.39 is 0 Å². The molecule has 1 aromatic carbocycles. The first-order chi connectivity index (χ1) is 11.2. The van der Waals surface area contributed by atoms with Gasteiger partial charge >= 0.3 is 0 Å². The van der Waals surface area contributed by atoms with Crippen LogP contribution in [-0.2, 0) is 0 Å². The van der Waals surface area contributed by atoms with Crippen molar-refractivity contribution in [2.75, 3.05) is 13.3 Å². The first kappa shape index (κ1) is 19.8. The highest BCUT2D eigenvalue weighted by molar-refractivity contribution is 14.0. The monoisotopic (exact) mass is 463 g/mol. The van der Waals surface area contributed by atoms with Crippen LogP contribution in [0, 0.1) is 5.82 Å². The van der Waals surface area contributed by atoms with Gasteiger partial charge < -0.3 is 10.6 Å². The molecule has 0 saturated heterocycles. The van der Waals surface area contributed by atoms with Crippen LogP contribution >= 0.6 is 35.7 Å². The van der Waals surface area contributed by atoms with Gasteiger partial charge in [-0.05, 0) is 43.6 Å². The minimum Gasteiger partial charge on any atom is -0.354 e. The van der Waals surface area contributed by atoms with Crippen molar-refractivity contribution < 1.29 is 4.39 Å². The number of benzene rings is 1. The fraction of sp³-hybridized carbons (Fsp3) is 0.611. The molecule has 2 fully saturated rings. The zero-order valence-electron chi connectivity index (χ0n) is 14.3. The standard InChI is InChI=1S/C18H26FN3S.HI/c1-20-18(21-12-6-5-7-13(10-12)23-2)22-17-11-15(17)14-8-3-4-9-16(14)19;/h3-4,8-9,12-13,15,17H,5-7,10-11H2,1-2H3,(H2,20,21,22);1H. The van der Waals surface area contributed by atoms with Crippen molar-refractivity contribution in [2.24, 2.45) is 4.99 Å². The quantitative estimate of drug-likeness (QED) is 0.401. The lowest BCUT2D eigenvalue weighted by Crippen LogP contribution is -2.46. The third-order valence-corrected chi connectivity index (χ3v) is 6.04. The Morgan fingerprint density at radius 3 is 2.71 bits per heavy atom. The molecule has 4 unspecified atom stereocenters. The van der Waals surface area contributed by atoms with Gasteiger partial charge in [0.1, 0.15) is 5.82 Å². The molecule has 0 aromatic heterocycles. The number of aliphatic imine (C=N–C) groups is 1. The fourth-order valence-corrected chi connectivity index (χ4v) is 4.33. The summed E-state index contributed by atoms with van der Waals surface area (Å²) >= 11 is 1.97. The number of halogens is 2. The molecular formula is C18H27FIN3S. The first-order valence-corrected chi connectivity index (χ1v) is 9.77. The molecule has 2 N–H and O–H groups in total. The molecular weight excluding hydrogens is 436 g/mol. The molecule has 1 aromatic rings. The molecule has 134 valence electrons. The maximum Gasteiger partial charge on any atom is 0.191 e. The van der Waals surface area contributed by atoms with E-state index in [1.165, 1.54) is 25.7 Å². The van der Waals surface area contributed by atoms with Gasteiger partial charge in [-0.3, -0.25) is 4.99 Å². The van der Waals surface area contributed by atoms with Crippen molar-refractivity contribution in [3.05, 3.63) is 35.6 Å². The molecule has 0 radical (unpaired) electrons. The van der Waals surface area contributed by atoms with Crippen LogP contribution in [0.25, 0.3) is 0 Å². The Labute approximate surface area is 165 Å². The van der Waals surface area contributed by atoms with Crippen LogP contribution < -0.4 is 10.6 Å². The van der Waals surface area contributed by atoms with Gasteiger partial charge in [-0.1, -0.05) is 24.6 Å². The minimum absolute atomic E-state index is 0. The van der Waals surface area contributed by atoms with Crippen molar-refractivity contribution in [2.45, 2.75) is 55.4 Å². The second-order valence-electron chi connectivity index (χ2n) is 6.55. The van der Waals surface area contributed by atoms with E-state index in [2.05, 4.69) is 21.9 Å². The second-order valence-corrected chi connectivity index (χ2v) is 7.69. The number of nitrogens with zero attached hydrogens (tertiary/aromatic N) is 1. The van der Waals surface area contributed by atoms with Crippen molar-refractivity contribution in [3.63, 3.8) is 0 Å². The lowest BCUT2D eigenvalue weighted by atomic mass is 9.95. The van der Waals surface area contributed by atoms with Crippen molar-refractivity contribution in [3.8, 4) is 0 Å². The molecule has 0 spiro atoms. The van der Waals surface area contributed by atoms with E-state index in [1.807, 2.05) is 30.9 Å². The average molecular weight is 463 g/mol. The molecule has 2 aliphatic rings. The Balaban J connectivity index is 0.00000208. The minimum atomic E-state index is -0.0974. The molecule has 4 atom stereocenters. The molecule has 3 nitrogen and oxygen atoms in total.